The number of anilines is 2. The van der Waals surface area contributed by atoms with Crippen molar-refractivity contribution >= 4 is 28.1 Å². The molecule has 7 heteroatoms. The molecular formula is C16H21N3O3S. The summed E-state index contributed by atoms with van der Waals surface area (Å²) in [5.74, 6) is 1.21. The summed E-state index contributed by atoms with van der Waals surface area (Å²) in [7, 11) is 3.19. The molecule has 2 aromatic rings. The second-order valence-corrected chi connectivity index (χ2v) is 5.70. The first-order valence-electron chi connectivity index (χ1n) is 7.40. The number of benzene rings is 1. The Morgan fingerprint density at radius 1 is 1.30 bits per heavy atom. The summed E-state index contributed by atoms with van der Waals surface area (Å²) in [5.41, 5.74) is 1.18. The molecule has 2 N–H and O–H groups in total. The van der Waals surface area contributed by atoms with E-state index in [-0.39, 0.29) is 5.91 Å². The molecule has 1 amide bonds. The number of nitrogens with zero attached hydrogens (tertiary/aromatic N) is 1. The molecule has 124 valence electrons. The van der Waals surface area contributed by atoms with Crippen LogP contribution in [0.4, 0.5) is 10.8 Å². The predicted molar refractivity (Wildman–Crippen MR) is 92.2 cm³/mol. The third-order valence-corrected chi connectivity index (χ3v) is 3.96. The van der Waals surface area contributed by atoms with E-state index in [0.717, 1.165) is 18.5 Å². The zero-order valence-electron chi connectivity index (χ0n) is 13.5. The number of nitrogens with one attached hydrogen (secondary N) is 2. The molecule has 0 aliphatic rings. The lowest BCUT2D eigenvalue weighted by Gasteiger charge is -2.10. The Balaban J connectivity index is 2.05. The zero-order chi connectivity index (χ0) is 16.7. The van der Waals surface area contributed by atoms with Gasteiger partial charge in [0, 0.05) is 18.0 Å². The fourth-order valence-electron chi connectivity index (χ4n) is 1.92. The molecule has 2 rings (SSSR count). The van der Waals surface area contributed by atoms with Gasteiger partial charge in [-0.1, -0.05) is 13.3 Å². The van der Waals surface area contributed by atoms with Crippen LogP contribution >= 0.6 is 11.3 Å². The maximum absolute atomic E-state index is 12.0. The minimum absolute atomic E-state index is 0.149. The highest BCUT2D eigenvalue weighted by molar-refractivity contribution is 7.14. The highest BCUT2D eigenvalue weighted by Crippen LogP contribution is 2.32. The van der Waals surface area contributed by atoms with Crippen LogP contribution in [0.5, 0.6) is 11.5 Å². The molecule has 0 spiro atoms. The summed E-state index contributed by atoms with van der Waals surface area (Å²) >= 11 is 1.37. The highest BCUT2D eigenvalue weighted by atomic mass is 32.1. The van der Waals surface area contributed by atoms with Crippen LogP contribution in [0.2, 0.25) is 0 Å². The van der Waals surface area contributed by atoms with Crippen molar-refractivity contribution in [2.75, 3.05) is 26.1 Å². The van der Waals surface area contributed by atoms with Gasteiger partial charge >= 0.3 is 0 Å². The van der Waals surface area contributed by atoms with Crippen LogP contribution in [-0.2, 0) is 0 Å². The van der Waals surface area contributed by atoms with E-state index in [9.17, 15) is 4.79 Å². The number of hydrogen-bond acceptors (Lipinski definition) is 6. The molecule has 0 aliphatic carbocycles. The Labute approximate surface area is 139 Å². The van der Waals surface area contributed by atoms with Gasteiger partial charge in [-0.25, -0.2) is 4.98 Å². The molecule has 0 saturated heterocycles. The molecule has 6 nitrogen and oxygen atoms in total. The number of hydrogen-bond donors (Lipinski definition) is 2. The fraction of sp³-hybridized carbons (Fsp3) is 0.375. The van der Waals surface area contributed by atoms with Crippen LogP contribution < -0.4 is 20.1 Å². The van der Waals surface area contributed by atoms with Crippen LogP contribution in [0.3, 0.4) is 0 Å². The van der Waals surface area contributed by atoms with E-state index in [1.165, 1.54) is 11.3 Å². The molecule has 0 radical (unpaired) electrons. The van der Waals surface area contributed by atoms with E-state index in [1.54, 1.807) is 25.7 Å². The Kier molecular flexibility index (Phi) is 6.22. The number of carbonyl (C=O) groups excluding carboxylic acids is 1. The van der Waals surface area contributed by atoms with E-state index in [0.29, 0.717) is 28.9 Å². The van der Waals surface area contributed by atoms with Crippen LogP contribution in [-0.4, -0.2) is 31.7 Å². The molecule has 0 atom stereocenters. The smallest absolute Gasteiger partial charge is 0.270 e. The lowest BCUT2D eigenvalue weighted by Crippen LogP contribution is -2.24. The minimum Gasteiger partial charge on any atom is -0.497 e. The number of unbranched alkanes of at least 4 members (excludes halogenated alkanes) is 1. The third-order valence-electron chi connectivity index (χ3n) is 3.20. The standard InChI is InChI=1S/C16H21N3O3S/c1-4-5-8-17-15(20)13-10-23-16(19-13)18-12-7-6-11(21-2)9-14(12)22-3/h6-7,9-10H,4-5,8H2,1-3H3,(H,17,20)(H,18,19). The van der Waals surface area contributed by atoms with Crippen molar-refractivity contribution in [1.29, 1.82) is 0 Å². The van der Waals surface area contributed by atoms with E-state index in [4.69, 9.17) is 9.47 Å². The fourth-order valence-corrected chi connectivity index (χ4v) is 2.62. The van der Waals surface area contributed by atoms with E-state index in [2.05, 4.69) is 22.5 Å². The van der Waals surface area contributed by atoms with Crippen molar-refractivity contribution in [3.63, 3.8) is 0 Å². The average Bonchev–Trinajstić information content (AvgIpc) is 3.04. The summed E-state index contributed by atoms with van der Waals surface area (Å²) in [6.45, 7) is 2.75. The number of amides is 1. The van der Waals surface area contributed by atoms with Gasteiger partial charge in [-0.15, -0.1) is 11.3 Å². The Hall–Kier alpha value is -2.28. The summed E-state index contributed by atoms with van der Waals surface area (Å²) in [5, 5.41) is 8.38. The summed E-state index contributed by atoms with van der Waals surface area (Å²) < 4.78 is 10.5. The first-order valence-corrected chi connectivity index (χ1v) is 8.28. The Bertz CT molecular complexity index is 658. The number of rotatable bonds is 8. The maximum atomic E-state index is 12.0. The topological polar surface area (TPSA) is 72.5 Å². The molecule has 0 fully saturated rings. The van der Waals surface area contributed by atoms with Crippen LogP contribution in [0.25, 0.3) is 0 Å². The van der Waals surface area contributed by atoms with Crippen molar-refractivity contribution in [3.05, 3.63) is 29.3 Å². The third kappa shape index (κ3) is 4.59. The van der Waals surface area contributed by atoms with Crippen molar-refractivity contribution in [3.8, 4) is 11.5 Å². The highest BCUT2D eigenvalue weighted by Gasteiger charge is 2.12. The van der Waals surface area contributed by atoms with Gasteiger partial charge in [0.2, 0.25) is 0 Å². The Morgan fingerprint density at radius 3 is 2.83 bits per heavy atom. The quantitative estimate of drug-likeness (QED) is 0.723. The van der Waals surface area contributed by atoms with Gasteiger partial charge in [0.15, 0.2) is 5.13 Å². The van der Waals surface area contributed by atoms with Gasteiger partial charge < -0.3 is 20.1 Å². The van der Waals surface area contributed by atoms with Crippen LogP contribution in [0.15, 0.2) is 23.6 Å². The molecule has 0 bridgehead atoms. The number of methoxy groups -OCH3 is 2. The van der Waals surface area contributed by atoms with Gasteiger partial charge in [0.1, 0.15) is 17.2 Å². The number of ether oxygens (including phenoxy) is 2. The average molecular weight is 335 g/mol. The zero-order valence-corrected chi connectivity index (χ0v) is 14.3. The van der Waals surface area contributed by atoms with Gasteiger partial charge in [0.05, 0.1) is 19.9 Å². The second kappa shape index (κ2) is 8.38. The van der Waals surface area contributed by atoms with Crippen molar-refractivity contribution in [1.82, 2.24) is 10.3 Å². The van der Waals surface area contributed by atoms with Crippen LogP contribution in [0, 0.1) is 0 Å². The molecule has 1 aromatic heterocycles. The van der Waals surface area contributed by atoms with Crippen molar-refractivity contribution < 1.29 is 14.3 Å². The number of aromatic nitrogens is 1. The SMILES string of the molecule is CCCCNC(=O)c1csc(Nc2ccc(OC)cc2OC)n1. The van der Waals surface area contributed by atoms with E-state index in [1.807, 2.05) is 12.1 Å². The molecule has 0 saturated carbocycles. The van der Waals surface area contributed by atoms with E-state index < -0.39 is 0 Å². The Morgan fingerprint density at radius 2 is 2.13 bits per heavy atom. The molecule has 1 aromatic carbocycles. The molecule has 23 heavy (non-hydrogen) atoms. The van der Waals surface area contributed by atoms with Gasteiger partial charge in [-0.2, -0.15) is 0 Å². The summed E-state index contributed by atoms with van der Waals surface area (Å²) in [4.78, 5) is 16.3. The molecular weight excluding hydrogens is 314 g/mol. The second-order valence-electron chi connectivity index (χ2n) is 4.84. The van der Waals surface area contributed by atoms with Gasteiger partial charge in [-0.3, -0.25) is 4.79 Å². The molecule has 0 aliphatic heterocycles. The predicted octanol–water partition coefficient (Wildman–Crippen LogP) is 3.43. The molecule has 1 heterocycles. The summed E-state index contributed by atoms with van der Waals surface area (Å²) in [6.07, 6.45) is 2.01. The lowest BCUT2D eigenvalue weighted by molar-refractivity contribution is 0.0949. The largest absolute Gasteiger partial charge is 0.497 e. The monoisotopic (exact) mass is 335 g/mol. The molecule has 0 unspecified atom stereocenters. The number of carbonyl (C=O) groups is 1. The van der Waals surface area contributed by atoms with Gasteiger partial charge in [-0.05, 0) is 18.6 Å². The van der Waals surface area contributed by atoms with Gasteiger partial charge in [0.25, 0.3) is 5.91 Å². The summed E-state index contributed by atoms with van der Waals surface area (Å²) in [6, 6.07) is 5.46. The normalized spacial score (nSPS) is 10.2. The maximum Gasteiger partial charge on any atom is 0.270 e. The first-order chi connectivity index (χ1) is 11.2. The minimum atomic E-state index is -0.149. The van der Waals surface area contributed by atoms with Crippen molar-refractivity contribution in [2.24, 2.45) is 0 Å². The first kappa shape index (κ1) is 17.1. The van der Waals surface area contributed by atoms with Crippen molar-refractivity contribution in [2.45, 2.75) is 19.8 Å². The van der Waals surface area contributed by atoms with E-state index >= 15 is 0 Å². The lowest BCUT2D eigenvalue weighted by atomic mass is 10.3. The number of thiazole rings is 1. The van der Waals surface area contributed by atoms with Crippen LogP contribution in [0.1, 0.15) is 30.3 Å².